The maximum atomic E-state index is 11.3. The van der Waals surface area contributed by atoms with E-state index in [0.29, 0.717) is 17.4 Å². The summed E-state index contributed by atoms with van der Waals surface area (Å²) in [5.74, 6) is -0.264. The molecule has 5 heteroatoms. The number of carboxylic acids is 1. The highest BCUT2D eigenvalue weighted by Gasteiger charge is 2.30. The van der Waals surface area contributed by atoms with Crippen molar-refractivity contribution in [2.75, 3.05) is 31.1 Å². The van der Waals surface area contributed by atoms with E-state index >= 15 is 0 Å². The fourth-order valence-electron chi connectivity index (χ4n) is 3.21. The van der Waals surface area contributed by atoms with Gasteiger partial charge in [-0.05, 0) is 37.9 Å². The van der Waals surface area contributed by atoms with Crippen molar-refractivity contribution in [2.24, 2.45) is 0 Å². The zero-order chi connectivity index (χ0) is 13.2. The highest BCUT2D eigenvalue weighted by atomic mass is 16.4. The van der Waals surface area contributed by atoms with E-state index in [4.69, 9.17) is 0 Å². The fourth-order valence-corrected chi connectivity index (χ4v) is 3.21. The highest BCUT2D eigenvalue weighted by molar-refractivity contribution is 5.93. The Hall–Kier alpha value is -1.62. The van der Waals surface area contributed by atoms with E-state index in [2.05, 4.69) is 14.8 Å². The van der Waals surface area contributed by atoms with E-state index in [0.717, 1.165) is 26.1 Å². The van der Waals surface area contributed by atoms with Crippen LogP contribution in [0.3, 0.4) is 0 Å². The van der Waals surface area contributed by atoms with Gasteiger partial charge in [-0.25, -0.2) is 9.78 Å². The van der Waals surface area contributed by atoms with Crippen LogP contribution in [-0.4, -0.2) is 53.2 Å². The van der Waals surface area contributed by atoms with Crippen LogP contribution in [0.15, 0.2) is 18.3 Å². The van der Waals surface area contributed by atoms with Crippen LogP contribution in [0.5, 0.6) is 0 Å². The second-order valence-corrected chi connectivity index (χ2v) is 5.31. The first-order valence-electron chi connectivity index (χ1n) is 6.93. The van der Waals surface area contributed by atoms with Gasteiger partial charge in [0.2, 0.25) is 0 Å². The van der Waals surface area contributed by atoms with Gasteiger partial charge >= 0.3 is 5.97 Å². The average molecular weight is 261 g/mol. The number of fused-ring (bicyclic) bond motifs is 1. The molecule has 0 bridgehead atoms. The van der Waals surface area contributed by atoms with Gasteiger partial charge in [0, 0.05) is 31.9 Å². The van der Waals surface area contributed by atoms with Crippen LogP contribution in [0.25, 0.3) is 0 Å². The molecule has 2 aliphatic rings. The van der Waals surface area contributed by atoms with Crippen LogP contribution < -0.4 is 4.90 Å². The van der Waals surface area contributed by atoms with Gasteiger partial charge in [0.1, 0.15) is 11.4 Å². The summed E-state index contributed by atoms with van der Waals surface area (Å²) in [7, 11) is 0. The summed E-state index contributed by atoms with van der Waals surface area (Å²) in [4.78, 5) is 20.3. The van der Waals surface area contributed by atoms with Gasteiger partial charge in [-0.15, -0.1) is 0 Å². The van der Waals surface area contributed by atoms with Crippen molar-refractivity contribution in [3.63, 3.8) is 0 Å². The molecule has 2 fully saturated rings. The Kier molecular flexibility index (Phi) is 3.38. The molecular weight excluding hydrogens is 242 g/mol. The Bertz CT molecular complexity index is 478. The van der Waals surface area contributed by atoms with Crippen molar-refractivity contribution in [3.8, 4) is 0 Å². The first kappa shape index (κ1) is 12.4. The molecule has 0 aromatic carbocycles. The monoisotopic (exact) mass is 261 g/mol. The van der Waals surface area contributed by atoms with Crippen molar-refractivity contribution in [1.82, 2.24) is 9.88 Å². The lowest BCUT2D eigenvalue weighted by Gasteiger charge is -2.27. The molecule has 2 saturated heterocycles. The smallest absolute Gasteiger partial charge is 0.339 e. The van der Waals surface area contributed by atoms with Crippen molar-refractivity contribution in [3.05, 3.63) is 23.9 Å². The minimum absolute atomic E-state index is 0.314. The zero-order valence-electron chi connectivity index (χ0n) is 11.0. The summed E-state index contributed by atoms with van der Waals surface area (Å²) >= 11 is 0. The molecule has 3 heterocycles. The molecular formula is C14H19N3O2. The zero-order valence-corrected chi connectivity index (χ0v) is 11.0. The molecule has 0 spiro atoms. The summed E-state index contributed by atoms with van der Waals surface area (Å²) < 4.78 is 0. The molecule has 1 N–H and O–H groups in total. The predicted molar refractivity (Wildman–Crippen MR) is 72.6 cm³/mol. The van der Waals surface area contributed by atoms with E-state index in [1.807, 2.05) is 0 Å². The maximum absolute atomic E-state index is 11.3. The molecule has 102 valence electrons. The Labute approximate surface area is 112 Å². The molecule has 0 amide bonds. The summed E-state index contributed by atoms with van der Waals surface area (Å²) in [5.41, 5.74) is 0.314. The molecule has 0 aliphatic carbocycles. The number of pyridine rings is 1. The van der Waals surface area contributed by atoms with Crippen LogP contribution in [0.4, 0.5) is 5.82 Å². The first-order chi connectivity index (χ1) is 9.25. The average Bonchev–Trinajstić information content (AvgIpc) is 2.76. The van der Waals surface area contributed by atoms with Crippen molar-refractivity contribution in [2.45, 2.75) is 25.3 Å². The van der Waals surface area contributed by atoms with Gasteiger partial charge in [-0.1, -0.05) is 0 Å². The summed E-state index contributed by atoms with van der Waals surface area (Å²) in [6.07, 6.45) is 5.23. The lowest BCUT2D eigenvalue weighted by molar-refractivity contribution is 0.0697. The Morgan fingerprint density at radius 3 is 3.00 bits per heavy atom. The van der Waals surface area contributed by atoms with E-state index in [1.54, 1.807) is 18.3 Å². The Morgan fingerprint density at radius 2 is 2.16 bits per heavy atom. The van der Waals surface area contributed by atoms with Crippen LogP contribution in [-0.2, 0) is 0 Å². The number of rotatable bonds is 2. The van der Waals surface area contributed by atoms with Crippen LogP contribution >= 0.6 is 0 Å². The number of hydrogen-bond donors (Lipinski definition) is 1. The molecule has 2 aliphatic heterocycles. The standard InChI is InChI=1S/C14H19N3O2/c18-14(19)12-5-1-6-15-13(12)17-9-3-8-16-7-2-4-11(16)10-17/h1,5-6,11H,2-4,7-10H2,(H,18,19). The number of carboxylic acid groups (broad SMARTS) is 1. The van der Waals surface area contributed by atoms with Crippen LogP contribution in [0, 0.1) is 0 Å². The number of carbonyl (C=O) groups is 1. The molecule has 1 aromatic heterocycles. The number of nitrogens with zero attached hydrogens (tertiary/aromatic N) is 3. The van der Waals surface area contributed by atoms with Crippen molar-refractivity contribution >= 4 is 11.8 Å². The van der Waals surface area contributed by atoms with E-state index in [9.17, 15) is 9.90 Å². The molecule has 3 rings (SSSR count). The number of anilines is 1. The van der Waals surface area contributed by atoms with Gasteiger partial charge < -0.3 is 10.0 Å². The number of aromatic nitrogens is 1. The van der Waals surface area contributed by atoms with Gasteiger partial charge in [0.15, 0.2) is 0 Å². The van der Waals surface area contributed by atoms with Gasteiger partial charge in [0.25, 0.3) is 0 Å². The molecule has 0 radical (unpaired) electrons. The molecule has 0 saturated carbocycles. The van der Waals surface area contributed by atoms with Gasteiger partial charge in [0.05, 0.1) is 0 Å². The quantitative estimate of drug-likeness (QED) is 0.873. The lowest BCUT2D eigenvalue weighted by Crippen LogP contribution is -2.37. The molecule has 1 atom stereocenters. The Balaban J connectivity index is 1.87. The minimum atomic E-state index is -0.893. The summed E-state index contributed by atoms with van der Waals surface area (Å²) in [5, 5.41) is 9.28. The SMILES string of the molecule is O=C(O)c1cccnc1N1CCCN2CCCC2C1. The second kappa shape index (κ2) is 5.17. The Morgan fingerprint density at radius 1 is 1.32 bits per heavy atom. The number of aromatic carboxylic acids is 1. The van der Waals surface area contributed by atoms with E-state index in [1.165, 1.54) is 19.4 Å². The first-order valence-corrected chi connectivity index (χ1v) is 6.93. The van der Waals surface area contributed by atoms with E-state index < -0.39 is 5.97 Å². The number of hydrogen-bond acceptors (Lipinski definition) is 4. The maximum Gasteiger partial charge on any atom is 0.339 e. The molecule has 19 heavy (non-hydrogen) atoms. The third-order valence-electron chi connectivity index (χ3n) is 4.12. The van der Waals surface area contributed by atoms with E-state index in [-0.39, 0.29) is 0 Å². The predicted octanol–water partition coefficient (Wildman–Crippen LogP) is 1.45. The van der Waals surface area contributed by atoms with Crippen molar-refractivity contribution in [1.29, 1.82) is 0 Å². The summed E-state index contributed by atoms with van der Waals surface area (Å²) in [6, 6.07) is 3.89. The molecule has 5 nitrogen and oxygen atoms in total. The lowest BCUT2D eigenvalue weighted by atomic mass is 10.2. The third kappa shape index (κ3) is 2.42. The van der Waals surface area contributed by atoms with Crippen LogP contribution in [0.2, 0.25) is 0 Å². The van der Waals surface area contributed by atoms with Gasteiger partial charge in [-0.2, -0.15) is 0 Å². The highest BCUT2D eigenvalue weighted by Crippen LogP contribution is 2.25. The fraction of sp³-hybridized carbons (Fsp3) is 0.571. The van der Waals surface area contributed by atoms with Crippen molar-refractivity contribution < 1.29 is 9.90 Å². The summed E-state index contributed by atoms with van der Waals surface area (Å²) in [6.45, 7) is 4.10. The second-order valence-electron chi connectivity index (χ2n) is 5.31. The van der Waals surface area contributed by atoms with Gasteiger partial charge in [-0.3, -0.25) is 4.90 Å². The molecule has 1 aromatic rings. The van der Waals surface area contributed by atoms with Crippen LogP contribution in [0.1, 0.15) is 29.6 Å². The largest absolute Gasteiger partial charge is 0.478 e. The third-order valence-corrected chi connectivity index (χ3v) is 4.12. The minimum Gasteiger partial charge on any atom is -0.478 e. The topological polar surface area (TPSA) is 56.7 Å². The normalized spacial score (nSPS) is 24.0. The molecule has 1 unspecified atom stereocenters.